The second-order valence-corrected chi connectivity index (χ2v) is 5.40. The van der Waals surface area contributed by atoms with E-state index in [-0.39, 0.29) is 5.82 Å². The SMILES string of the molecule is Nc1ccn([C@@H]2O[C@H](CO)[C@@H](OP(=O)([O-])[O-])[C@H]2O)c(=O)n1. The van der Waals surface area contributed by atoms with Gasteiger partial charge in [0.2, 0.25) is 0 Å². The Hall–Kier alpha value is -1.33. The van der Waals surface area contributed by atoms with E-state index in [2.05, 4.69) is 9.51 Å². The third kappa shape index (κ3) is 3.47. The highest BCUT2D eigenvalue weighted by Crippen LogP contribution is 2.38. The predicted octanol–water partition coefficient (Wildman–Crippen LogP) is -3.71. The van der Waals surface area contributed by atoms with Crippen molar-refractivity contribution in [3.05, 3.63) is 22.7 Å². The number of rotatable bonds is 4. The summed E-state index contributed by atoms with van der Waals surface area (Å²) >= 11 is 0. The highest BCUT2D eigenvalue weighted by atomic mass is 31.2. The largest absolute Gasteiger partial charge is 0.790 e. The summed E-state index contributed by atoms with van der Waals surface area (Å²) in [6, 6.07) is 1.26. The lowest BCUT2D eigenvalue weighted by Gasteiger charge is -2.34. The van der Waals surface area contributed by atoms with Crippen molar-refractivity contribution < 1.29 is 33.8 Å². The van der Waals surface area contributed by atoms with Crippen molar-refractivity contribution in [2.75, 3.05) is 12.3 Å². The molecule has 11 nitrogen and oxygen atoms in total. The van der Waals surface area contributed by atoms with Crippen LogP contribution in [0.25, 0.3) is 0 Å². The van der Waals surface area contributed by atoms with Crippen LogP contribution in [-0.4, -0.2) is 44.7 Å². The van der Waals surface area contributed by atoms with Crippen LogP contribution in [0, 0.1) is 0 Å². The van der Waals surface area contributed by atoms with Gasteiger partial charge in [0.25, 0.3) is 0 Å². The fourth-order valence-electron chi connectivity index (χ4n) is 2.00. The molecule has 0 aromatic carbocycles. The van der Waals surface area contributed by atoms with E-state index in [0.717, 1.165) is 4.57 Å². The summed E-state index contributed by atoms with van der Waals surface area (Å²) in [5, 5.41) is 19.1. The van der Waals surface area contributed by atoms with Gasteiger partial charge in [-0.25, -0.2) is 4.79 Å². The third-order valence-corrected chi connectivity index (χ3v) is 3.37. The molecule has 0 unspecified atom stereocenters. The Labute approximate surface area is 117 Å². The van der Waals surface area contributed by atoms with E-state index in [1.165, 1.54) is 12.3 Å². The zero-order valence-corrected chi connectivity index (χ0v) is 11.3. The molecule has 1 aromatic rings. The monoisotopic (exact) mass is 321 g/mol. The average molecular weight is 321 g/mol. The number of aromatic nitrogens is 2. The Kier molecular flexibility index (Phi) is 4.44. The molecular weight excluding hydrogens is 309 g/mol. The first-order valence-corrected chi connectivity index (χ1v) is 7.18. The molecular formula is C9H12N3O8P-2. The van der Waals surface area contributed by atoms with Gasteiger partial charge in [0.15, 0.2) is 6.23 Å². The first-order chi connectivity index (χ1) is 9.73. The predicted molar refractivity (Wildman–Crippen MR) is 62.4 cm³/mol. The molecule has 4 N–H and O–H groups in total. The summed E-state index contributed by atoms with van der Waals surface area (Å²) in [5.41, 5.74) is 4.46. The van der Waals surface area contributed by atoms with Crippen molar-refractivity contribution in [2.24, 2.45) is 0 Å². The van der Waals surface area contributed by atoms with E-state index in [4.69, 9.17) is 15.6 Å². The fraction of sp³-hybridized carbons (Fsp3) is 0.556. The maximum atomic E-state index is 11.7. The molecule has 118 valence electrons. The number of ether oxygens (including phenoxy) is 1. The molecule has 0 spiro atoms. The number of aliphatic hydroxyl groups excluding tert-OH is 2. The average Bonchev–Trinajstić information content (AvgIpc) is 2.65. The Morgan fingerprint density at radius 2 is 2.24 bits per heavy atom. The number of nitrogen functional groups attached to an aromatic ring is 1. The standard InChI is InChI=1S/C9H14N3O8P/c10-5-1-2-12(9(15)11-5)8-6(14)7(4(3-13)19-8)20-21(16,17)18/h1-2,4,6-8,13-14H,3H2,(H2,10,11,15)(H2,16,17,18)/p-2/t4-,6-,7-,8-/m1/s1. The first kappa shape index (κ1) is 16.0. The van der Waals surface area contributed by atoms with E-state index in [1.807, 2.05) is 0 Å². The summed E-state index contributed by atoms with van der Waals surface area (Å²) < 4.78 is 20.8. The molecule has 0 aliphatic carbocycles. The Morgan fingerprint density at radius 3 is 2.76 bits per heavy atom. The smallest absolute Gasteiger partial charge is 0.351 e. The van der Waals surface area contributed by atoms with Crippen LogP contribution >= 0.6 is 7.82 Å². The van der Waals surface area contributed by atoms with E-state index >= 15 is 0 Å². The Balaban J connectivity index is 2.31. The summed E-state index contributed by atoms with van der Waals surface area (Å²) in [4.78, 5) is 36.4. The third-order valence-electron chi connectivity index (χ3n) is 2.87. The molecule has 1 aromatic heterocycles. The lowest BCUT2D eigenvalue weighted by atomic mass is 10.1. The minimum Gasteiger partial charge on any atom is -0.790 e. The molecule has 0 bridgehead atoms. The Bertz CT molecular complexity index is 615. The van der Waals surface area contributed by atoms with Crippen molar-refractivity contribution >= 4 is 13.6 Å². The van der Waals surface area contributed by atoms with Crippen LogP contribution < -0.4 is 21.2 Å². The summed E-state index contributed by atoms with van der Waals surface area (Å²) in [6.07, 6.45) is -4.82. The van der Waals surface area contributed by atoms with Crippen LogP contribution in [-0.2, 0) is 13.8 Å². The number of hydrogen-bond donors (Lipinski definition) is 3. The second kappa shape index (κ2) is 5.81. The maximum absolute atomic E-state index is 11.7. The molecule has 2 heterocycles. The highest BCUT2D eigenvalue weighted by Gasteiger charge is 2.46. The van der Waals surface area contributed by atoms with Crippen LogP contribution in [0.4, 0.5) is 5.82 Å². The lowest BCUT2D eigenvalue weighted by molar-refractivity contribution is -0.347. The molecule has 1 saturated heterocycles. The number of aliphatic hydroxyl groups is 2. The second-order valence-electron chi connectivity index (χ2n) is 4.30. The van der Waals surface area contributed by atoms with Crippen molar-refractivity contribution in [1.29, 1.82) is 0 Å². The quantitative estimate of drug-likeness (QED) is 0.466. The number of nitrogens with two attached hydrogens (primary N) is 1. The van der Waals surface area contributed by atoms with Gasteiger partial charge in [-0.1, -0.05) is 0 Å². The normalized spacial score (nSPS) is 29.7. The molecule has 1 aliphatic rings. The summed E-state index contributed by atoms with van der Waals surface area (Å²) in [7, 11) is -5.41. The lowest BCUT2D eigenvalue weighted by Crippen LogP contribution is -2.39. The molecule has 4 atom stereocenters. The van der Waals surface area contributed by atoms with E-state index in [9.17, 15) is 24.3 Å². The summed E-state index contributed by atoms with van der Waals surface area (Å²) in [5.74, 6) is -0.0566. The first-order valence-electron chi connectivity index (χ1n) is 5.72. The van der Waals surface area contributed by atoms with Gasteiger partial charge in [-0.05, 0) is 6.07 Å². The summed E-state index contributed by atoms with van der Waals surface area (Å²) in [6.45, 7) is -0.727. The fourth-order valence-corrected chi connectivity index (χ4v) is 2.55. The van der Waals surface area contributed by atoms with Crippen molar-refractivity contribution in [2.45, 2.75) is 24.5 Å². The molecule has 2 rings (SSSR count). The van der Waals surface area contributed by atoms with Crippen LogP contribution in [0.5, 0.6) is 0 Å². The zero-order valence-electron chi connectivity index (χ0n) is 10.4. The van der Waals surface area contributed by atoms with E-state index < -0.39 is 44.7 Å². The number of phosphoric acid groups is 1. The van der Waals surface area contributed by atoms with Crippen LogP contribution in [0.15, 0.2) is 17.1 Å². The van der Waals surface area contributed by atoms with Gasteiger partial charge in [0.1, 0.15) is 24.1 Å². The highest BCUT2D eigenvalue weighted by molar-refractivity contribution is 7.43. The van der Waals surface area contributed by atoms with Gasteiger partial charge >= 0.3 is 5.69 Å². The molecule has 0 radical (unpaired) electrons. The van der Waals surface area contributed by atoms with Crippen LogP contribution in [0.1, 0.15) is 6.23 Å². The number of nitrogens with zero attached hydrogens (tertiary/aromatic N) is 2. The van der Waals surface area contributed by atoms with Gasteiger partial charge in [0.05, 0.1) is 14.4 Å². The zero-order chi connectivity index (χ0) is 15.8. The van der Waals surface area contributed by atoms with Gasteiger partial charge in [-0.3, -0.25) is 4.57 Å². The molecule has 1 fully saturated rings. The van der Waals surface area contributed by atoms with E-state index in [0.29, 0.717) is 0 Å². The van der Waals surface area contributed by atoms with Gasteiger partial charge in [0, 0.05) is 6.20 Å². The van der Waals surface area contributed by atoms with Crippen LogP contribution in [0.3, 0.4) is 0 Å². The van der Waals surface area contributed by atoms with Crippen molar-refractivity contribution in [3.63, 3.8) is 0 Å². The molecule has 12 heteroatoms. The van der Waals surface area contributed by atoms with Gasteiger partial charge in [-0.2, -0.15) is 4.98 Å². The van der Waals surface area contributed by atoms with Crippen molar-refractivity contribution in [3.8, 4) is 0 Å². The maximum Gasteiger partial charge on any atom is 0.351 e. The van der Waals surface area contributed by atoms with Gasteiger partial charge < -0.3 is 39.6 Å². The van der Waals surface area contributed by atoms with E-state index in [1.54, 1.807) is 0 Å². The van der Waals surface area contributed by atoms with Crippen molar-refractivity contribution in [1.82, 2.24) is 9.55 Å². The van der Waals surface area contributed by atoms with Crippen LogP contribution in [0.2, 0.25) is 0 Å². The number of phosphoric ester groups is 1. The molecule has 1 aliphatic heterocycles. The molecule has 21 heavy (non-hydrogen) atoms. The topological polar surface area (TPSA) is 183 Å². The minimum absolute atomic E-state index is 0.0566. The molecule has 0 saturated carbocycles. The van der Waals surface area contributed by atoms with Gasteiger partial charge in [-0.15, -0.1) is 0 Å². The minimum atomic E-state index is -5.41. The number of anilines is 1. The molecule has 0 amide bonds. The number of hydrogen-bond acceptors (Lipinski definition) is 10. The Morgan fingerprint density at radius 1 is 1.57 bits per heavy atom.